The first-order chi connectivity index (χ1) is 10.9. The molecule has 1 aromatic rings. The van der Waals surface area contributed by atoms with Gasteiger partial charge >= 0.3 is 0 Å². The zero-order valence-electron chi connectivity index (χ0n) is 13.6. The molecule has 0 heterocycles. The Morgan fingerprint density at radius 1 is 1.35 bits per heavy atom. The molecule has 2 unspecified atom stereocenters. The van der Waals surface area contributed by atoms with Crippen LogP contribution in [-0.2, 0) is 4.79 Å². The number of rotatable bonds is 5. The van der Waals surface area contributed by atoms with Gasteiger partial charge in [-0.3, -0.25) is 9.59 Å². The summed E-state index contributed by atoms with van der Waals surface area (Å²) in [5.41, 5.74) is 6.07. The number of amides is 2. The van der Waals surface area contributed by atoms with E-state index in [-0.39, 0.29) is 29.1 Å². The van der Waals surface area contributed by atoms with Crippen molar-refractivity contribution in [3.8, 4) is 0 Å². The summed E-state index contributed by atoms with van der Waals surface area (Å²) >= 11 is 6.01. The van der Waals surface area contributed by atoms with Crippen molar-refractivity contribution in [1.29, 1.82) is 0 Å². The fraction of sp³-hybridized carbons (Fsp3) is 0.529. The van der Waals surface area contributed by atoms with Crippen LogP contribution in [0.4, 0.5) is 5.69 Å². The molecule has 2 rings (SSSR count). The molecule has 126 valence electrons. The molecule has 0 radical (unpaired) electrons. The Morgan fingerprint density at radius 2 is 2.04 bits per heavy atom. The molecule has 1 fully saturated rings. The van der Waals surface area contributed by atoms with E-state index in [1.54, 1.807) is 18.2 Å². The molecule has 0 aliphatic heterocycles. The number of nitrogens with zero attached hydrogens (tertiary/aromatic N) is 1. The molecule has 1 aliphatic rings. The van der Waals surface area contributed by atoms with Gasteiger partial charge < -0.3 is 16.0 Å². The highest BCUT2D eigenvalue weighted by Crippen LogP contribution is 2.28. The molecule has 2 atom stereocenters. The maximum atomic E-state index is 12.4. The van der Waals surface area contributed by atoms with Crippen molar-refractivity contribution < 1.29 is 9.59 Å². The normalized spacial score (nSPS) is 20.8. The molecule has 1 aliphatic carbocycles. The van der Waals surface area contributed by atoms with E-state index in [9.17, 15) is 9.59 Å². The average molecular weight is 338 g/mol. The Labute approximate surface area is 142 Å². The zero-order chi connectivity index (χ0) is 17.0. The van der Waals surface area contributed by atoms with Crippen molar-refractivity contribution in [3.05, 3.63) is 28.8 Å². The van der Waals surface area contributed by atoms with Crippen LogP contribution in [0.3, 0.4) is 0 Å². The molecule has 3 N–H and O–H groups in total. The predicted molar refractivity (Wildman–Crippen MR) is 92.6 cm³/mol. The number of nitrogens with one attached hydrogen (secondary N) is 1. The van der Waals surface area contributed by atoms with Crippen molar-refractivity contribution in [3.63, 3.8) is 0 Å². The number of halogens is 1. The number of carbonyl (C=O) groups excluding carboxylic acids is 2. The topological polar surface area (TPSA) is 75.4 Å². The number of hydrogen-bond donors (Lipinski definition) is 2. The van der Waals surface area contributed by atoms with Gasteiger partial charge in [-0.15, -0.1) is 0 Å². The van der Waals surface area contributed by atoms with Crippen LogP contribution in [-0.4, -0.2) is 36.3 Å². The van der Waals surface area contributed by atoms with Gasteiger partial charge in [-0.25, -0.2) is 0 Å². The van der Waals surface area contributed by atoms with E-state index in [1.807, 2.05) is 11.9 Å². The van der Waals surface area contributed by atoms with Gasteiger partial charge in [-0.05, 0) is 30.9 Å². The Balaban J connectivity index is 2.02. The number of benzene rings is 1. The average Bonchev–Trinajstić information content (AvgIpc) is 2.52. The Kier molecular flexibility index (Phi) is 5.88. The maximum absolute atomic E-state index is 12.4. The van der Waals surface area contributed by atoms with E-state index in [0.717, 1.165) is 12.8 Å². The van der Waals surface area contributed by atoms with E-state index >= 15 is 0 Å². The number of likely N-dealkylation sites (N-methyl/N-ethyl adjacent to an activating group) is 1. The largest absolute Gasteiger partial charge is 0.375 e. The molecule has 0 saturated heterocycles. The Bertz CT molecular complexity index is 591. The lowest BCUT2D eigenvalue weighted by molar-refractivity contribution is -0.131. The van der Waals surface area contributed by atoms with Gasteiger partial charge in [0.15, 0.2) is 0 Å². The lowest BCUT2D eigenvalue weighted by Crippen LogP contribution is -2.44. The van der Waals surface area contributed by atoms with Gasteiger partial charge in [0.2, 0.25) is 5.91 Å². The molecule has 1 saturated carbocycles. The molecule has 2 amide bonds. The highest BCUT2D eigenvalue weighted by atomic mass is 35.5. The summed E-state index contributed by atoms with van der Waals surface area (Å²) in [4.78, 5) is 25.8. The molecule has 0 spiro atoms. The molecule has 0 aromatic heterocycles. The number of nitrogens with two attached hydrogens (primary N) is 1. The predicted octanol–water partition coefficient (Wildman–Crippen LogP) is 2.89. The van der Waals surface area contributed by atoms with Gasteiger partial charge in [0.05, 0.1) is 17.1 Å². The number of hydrogen-bond acceptors (Lipinski definition) is 3. The summed E-state index contributed by atoms with van der Waals surface area (Å²) in [5, 5.41) is 3.28. The molecular weight excluding hydrogens is 314 g/mol. The highest BCUT2D eigenvalue weighted by Gasteiger charge is 2.27. The monoisotopic (exact) mass is 337 g/mol. The van der Waals surface area contributed by atoms with Gasteiger partial charge in [0.1, 0.15) is 0 Å². The number of anilines is 1. The minimum Gasteiger partial charge on any atom is -0.375 e. The molecule has 1 aromatic carbocycles. The Morgan fingerprint density at radius 3 is 2.70 bits per heavy atom. The van der Waals surface area contributed by atoms with Crippen LogP contribution in [0.5, 0.6) is 0 Å². The van der Waals surface area contributed by atoms with Crippen molar-refractivity contribution in [2.45, 2.75) is 38.6 Å². The summed E-state index contributed by atoms with van der Waals surface area (Å²) in [7, 11) is 1.85. The van der Waals surface area contributed by atoms with Crippen LogP contribution in [0.25, 0.3) is 0 Å². The number of carbonyl (C=O) groups is 2. The molecule has 23 heavy (non-hydrogen) atoms. The first-order valence-electron chi connectivity index (χ1n) is 7.99. The van der Waals surface area contributed by atoms with Gasteiger partial charge in [0, 0.05) is 18.8 Å². The van der Waals surface area contributed by atoms with Crippen LogP contribution in [0.15, 0.2) is 18.2 Å². The van der Waals surface area contributed by atoms with E-state index in [2.05, 4.69) is 12.2 Å². The van der Waals surface area contributed by atoms with Gasteiger partial charge in [-0.1, -0.05) is 37.4 Å². The summed E-state index contributed by atoms with van der Waals surface area (Å²) in [5.74, 6) is -0.0935. The van der Waals surface area contributed by atoms with E-state index in [1.165, 1.54) is 12.8 Å². The molecule has 5 nitrogen and oxygen atoms in total. The maximum Gasteiger partial charge on any atom is 0.252 e. The fourth-order valence-corrected chi connectivity index (χ4v) is 3.54. The summed E-state index contributed by atoms with van der Waals surface area (Å²) in [6.07, 6.45) is 4.62. The van der Waals surface area contributed by atoms with Crippen molar-refractivity contribution >= 4 is 29.1 Å². The first kappa shape index (κ1) is 17.6. The van der Waals surface area contributed by atoms with E-state index < -0.39 is 5.91 Å². The second-order valence-electron chi connectivity index (χ2n) is 6.21. The van der Waals surface area contributed by atoms with Crippen LogP contribution < -0.4 is 11.1 Å². The Hall–Kier alpha value is -1.75. The minimum absolute atomic E-state index is 0.000791. The highest BCUT2D eigenvalue weighted by molar-refractivity contribution is 6.34. The van der Waals surface area contributed by atoms with Crippen molar-refractivity contribution in [2.75, 3.05) is 18.9 Å². The van der Waals surface area contributed by atoms with Crippen molar-refractivity contribution in [1.82, 2.24) is 4.90 Å². The van der Waals surface area contributed by atoms with Crippen molar-refractivity contribution in [2.24, 2.45) is 11.7 Å². The third kappa shape index (κ3) is 4.16. The standard InChI is InChI=1S/C17H24ClN3O2/c1-11-6-3-4-9-14(11)21(2)15(22)10-20-13-8-5-7-12(18)16(13)17(19)23/h5,7-8,11,14,20H,3-4,6,9-10H2,1-2H3,(H2,19,23). The smallest absolute Gasteiger partial charge is 0.252 e. The number of primary amides is 1. The third-order valence-corrected chi connectivity index (χ3v) is 4.96. The van der Waals surface area contributed by atoms with Gasteiger partial charge in [0.25, 0.3) is 5.91 Å². The second kappa shape index (κ2) is 7.68. The van der Waals surface area contributed by atoms with Gasteiger partial charge in [-0.2, -0.15) is 0 Å². The molecule has 0 bridgehead atoms. The first-order valence-corrected chi connectivity index (χ1v) is 8.37. The minimum atomic E-state index is -0.611. The zero-order valence-corrected chi connectivity index (χ0v) is 14.4. The summed E-state index contributed by atoms with van der Waals surface area (Å²) in [6.45, 7) is 2.31. The third-order valence-electron chi connectivity index (χ3n) is 4.65. The quantitative estimate of drug-likeness (QED) is 0.867. The summed E-state index contributed by atoms with van der Waals surface area (Å²) in [6, 6.07) is 5.30. The summed E-state index contributed by atoms with van der Waals surface area (Å²) < 4.78 is 0. The molecular formula is C17H24ClN3O2. The van der Waals surface area contributed by atoms with E-state index in [0.29, 0.717) is 11.6 Å². The van der Waals surface area contributed by atoms with Crippen LogP contribution in [0.2, 0.25) is 5.02 Å². The lowest BCUT2D eigenvalue weighted by Gasteiger charge is -2.36. The molecule has 6 heteroatoms. The van der Waals surface area contributed by atoms with E-state index in [4.69, 9.17) is 17.3 Å². The van der Waals surface area contributed by atoms with Crippen LogP contribution in [0.1, 0.15) is 43.0 Å². The van der Waals surface area contributed by atoms with Crippen LogP contribution in [0, 0.1) is 5.92 Å². The lowest BCUT2D eigenvalue weighted by atomic mass is 9.85. The van der Waals surface area contributed by atoms with Crippen LogP contribution >= 0.6 is 11.6 Å². The second-order valence-corrected chi connectivity index (χ2v) is 6.62. The fourth-order valence-electron chi connectivity index (χ4n) is 3.27. The SMILES string of the molecule is CC1CCCCC1N(C)C(=O)CNc1cccc(Cl)c1C(N)=O.